The van der Waals surface area contributed by atoms with E-state index in [0.29, 0.717) is 18.9 Å². The van der Waals surface area contributed by atoms with Crippen LogP contribution in [-0.4, -0.2) is 41.2 Å². The Kier molecular flexibility index (Phi) is 4.22. The molecule has 0 unspecified atom stereocenters. The van der Waals surface area contributed by atoms with E-state index in [1.165, 1.54) is 4.70 Å². The van der Waals surface area contributed by atoms with Crippen LogP contribution < -0.4 is 9.64 Å². The van der Waals surface area contributed by atoms with Crippen molar-refractivity contribution < 1.29 is 14.6 Å². The minimum atomic E-state index is -0.971. The van der Waals surface area contributed by atoms with Crippen molar-refractivity contribution in [2.45, 2.75) is 0 Å². The highest BCUT2D eigenvalue weighted by atomic mass is 32.1. The van der Waals surface area contributed by atoms with Gasteiger partial charge in [0.05, 0.1) is 16.8 Å². The molecule has 6 nitrogen and oxygen atoms in total. The number of hydrogen-bond donors (Lipinski definition) is 2. The van der Waals surface area contributed by atoms with Gasteiger partial charge in [-0.25, -0.2) is 9.78 Å². The molecular weight excluding hydrogens is 350 g/mol. The van der Waals surface area contributed by atoms with Crippen molar-refractivity contribution in [1.29, 1.82) is 0 Å². The maximum absolute atomic E-state index is 11.0. The smallest absolute Gasteiger partial charge is 0.352 e. The maximum atomic E-state index is 11.0. The molecule has 0 bridgehead atoms. The Labute approximate surface area is 153 Å². The molecule has 0 aliphatic carbocycles. The molecular formula is C19H17N3O3S. The fraction of sp³-hybridized carbons (Fsp3) is 0.158. The number of nitrogens with one attached hydrogen (secondary N) is 1. The first-order valence-corrected chi connectivity index (χ1v) is 8.97. The normalized spacial score (nSPS) is 11.1. The summed E-state index contributed by atoms with van der Waals surface area (Å²) in [5.41, 5.74) is 1.93. The summed E-state index contributed by atoms with van der Waals surface area (Å²) in [5.74, 6) is -0.268. The molecule has 0 fully saturated rings. The number of aromatic amines is 1. The van der Waals surface area contributed by atoms with Gasteiger partial charge >= 0.3 is 5.97 Å². The molecule has 2 aromatic carbocycles. The second kappa shape index (κ2) is 6.68. The Morgan fingerprint density at radius 1 is 1.27 bits per heavy atom. The number of fused-ring (bicyclic) bond motifs is 2. The standard InChI is InChI=1S/C19H17N3O3S/c1-22(19-21-14-4-2-3-5-17(14)26-19)8-9-25-13-7-6-12-10-16(18(23)24)20-15(12)11-13/h2-7,10-11,20H,8-9H2,1H3,(H,23,24). The number of hydrogen-bond acceptors (Lipinski definition) is 5. The van der Waals surface area contributed by atoms with Gasteiger partial charge < -0.3 is 19.7 Å². The van der Waals surface area contributed by atoms with E-state index in [0.717, 1.165) is 21.6 Å². The average Bonchev–Trinajstić information content (AvgIpc) is 3.25. The topological polar surface area (TPSA) is 78.5 Å². The molecule has 0 saturated heterocycles. The number of nitrogens with zero attached hydrogens (tertiary/aromatic N) is 2. The van der Waals surface area contributed by atoms with Crippen LogP contribution in [0.2, 0.25) is 0 Å². The largest absolute Gasteiger partial charge is 0.492 e. The van der Waals surface area contributed by atoms with Gasteiger partial charge in [-0.1, -0.05) is 23.5 Å². The van der Waals surface area contributed by atoms with Gasteiger partial charge in [0, 0.05) is 24.0 Å². The molecule has 0 aliphatic heterocycles. The van der Waals surface area contributed by atoms with Crippen molar-refractivity contribution in [3.05, 3.63) is 54.2 Å². The number of benzene rings is 2. The third-order valence-electron chi connectivity index (χ3n) is 4.13. The van der Waals surface area contributed by atoms with Gasteiger partial charge in [0.1, 0.15) is 18.1 Å². The molecule has 2 aromatic heterocycles. The highest BCUT2D eigenvalue weighted by Crippen LogP contribution is 2.27. The predicted molar refractivity (Wildman–Crippen MR) is 104 cm³/mol. The summed E-state index contributed by atoms with van der Waals surface area (Å²) in [7, 11) is 1.99. The second-order valence-corrected chi connectivity index (χ2v) is 6.98. The van der Waals surface area contributed by atoms with Crippen LogP contribution in [0.1, 0.15) is 10.5 Å². The van der Waals surface area contributed by atoms with E-state index in [-0.39, 0.29) is 5.69 Å². The zero-order valence-electron chi connectivity index (χ0n) is 14.1. The number of anilines is 1. The Morgan fingerprint density at radius 3 is 2.92 bits per heavy atom. The van der Waals surface area contributed by atoms with Crippen LogP contribution in [0.3, 0.4) is 0 Å². The molecule has 0 radical (unpaired) electrons. The summed E-state index contributed by atoms with van der Waals surface area (Å²) in [6, 6.07) is 15.2. The number of likely N-dealkylation sites (N-methyl/N-ethyl adjacent to an activating group) is 1. The first-order valence-electron chi connectivity index (χ1n) is 8.16. The molecule has 132 valence electrons. The number of H-pyrrole nitrogens is 1. The van der Waals surface area contributed by atoms with Crippen molar-refractivity contribution in [1.82, 2.24) is 9.97 Å². The van der Waals surface area contributed by atoms with Crippen LogP contribution in [0.4, 0.5) is 5.13 Å². The molecule has 0 amide bonds. The lowest BCUT2D eigenvalue weighted by molar-refractivity contribution is 0.0691. The summed E-state index contributed by atoms with van der Waals surface area (Å²) in [4.78, 5) is 20.6. The molecule has 4 rings (SSSR count). The molecule has 0 atom stereocenters. The monoisotopic (exact) mass is 367 g/mol. The number of aromatic carboxylic acids is 1. The van der Waals surface area contributed by atoms with E-state index >= 15 is 0 Å². The summed E-state index contributed by atoms with van der Waals surface area (Å²) in [6.07, 6.45) is 0. The maximum Gasteiger partial charge on any atom is 0.352 e. The summed E-state index contributed by atoms with van der Waals surface area (Å²) < 4.78 is 6.99. The quantitative estimate of drug-likeness (QED) is 0.539. The van der Waals surface area contributed by atoms with Crippen molar-refractivity contribution in [2.24, 2.45) is 0 Å². The van der Waals surface area contributed by atoms with Crippen LogP contribution in [0, 0.1) is 0 Å². The molecule has 2 N–H and O–H groups in total. The van der Waals surface area contributed by atoms with E-state index in [9.17, 15) is 4.79 Å². The van der Waals surface area contributed by atoms with Crippen molar-refractivity contribution in [3.63, 3.8) is 0 Å². The van der Waals surface area contributed by atoms with Gasteiger partial charge in [-0.15, -0.1) is 0 Å². The number of carbonyl (C=O) groups is 1. The summed E-state index contributed by atoms with van der Waals surface area (Å²) >= 11 is 1.66. The Balaban J connectivity index is 1.40. The first kappa shape index (κ1) is 16.4. The fourth-order valence-electron chi connectivity index (χ4n) is 2.73. The number of rotatable bonds is 6. The lowest BCUT2D eigenvalue weighted by Crippen LogP contribution is -2.23. The zero-order valence-corrected chi connectivity index (χ0v) is 14.9. The highest BCUT2D eigenvalue weighted by Gasteiger charge is 2.10. The molecule has 26 heavy (non-hydrogen) atoms. The number of aromatic nitrogens is 2. The number of ether oxygens (including phenoxy) is 1. The van der Waals surface area contributed by atoms with Gasteiger partial charge in [0.2, 0.25) is 0 Å². The molecule has 2 heterocycles. The fourth-order valence-corrected chi connectivity index (χ4v) is 3.68. The van der Waals surface area contributed by atoms with Crippen LogP contribution in [-0.2, 0) is 0 Å². The Bertz CT molecular complexity index is 1050. The minimum absolute atomic E-state index is 0.174. The lowest BCUT2D eigenvalue weighted by Gasteiger charge is -2.16. The van der Waals surface area contributed by atoms with E-state index in [2.05, 4.69) is 20.9 Å². The van der Waals surface area contributed by atoms with Crippen LogP contribution >= 0.6 is 11.3 Å². The second-order valence-electron chi connectivity index (χ2n) is 5.97. The summed E-state index contributed by atoms with van der Waals surface area (Å²) in [6.45, 7) is 1.20. The van der Waals surface area contributed by atoms with E-state index in [1.807, 2.05) is 43.4 Å². The number of para-hydroxylation sites is 1. The van der Waals surface area contributed by atoms with Crippen LogP contribution in [0.15, 0.2) is 48.5 Å². The first-order chi connectivity index (χ1) is 12.6. The Morgan fingerprint density at radius 2 is 2.12 bits per heavy atom. The molecule has 0 spiro atoms. The van der Waals surface area contributed by atoms with Gasteiger partial charge in [0.15, 0.2) is 5.13 Å². The molecule has 4 aromatic rings. The Hall–Kier alpha value is -3.06. The number of carboxylic acid groups (broad SMARTS) is 1. The third kappa shape index (κ3) is 3.21. The van der Waals surface area contributed by atoms with Gasteiger partial charge in [-0.2, -0.15) is 0 Å². The van der Waals surface area contributed by atoms with Gasteiger partial charge in [0.25, 0.3) is 0 Å². The van der Waals surface area contributed by atoms with Crippen molar-refractivity contribution in [3.8, 4) is 5.75 Å². The minimum Gasteiger partial charge on any atom is -0.492 e. The highest BCUT2D eigenvalue weighted by molar-refractivity contribution is 7.22. The molecule has 7 heteroatoms. The average molecular weight is 367 g/mol. The van der Waals surface area contributed by atoms with Crippen LogP contribution in [0.25, 0.3) is 21.1 Å². The zero-order chi connectivity index (χ0) is 18.1. The third-order valence-corrected chi connectivity index (χ3v) is 5.28. The van der Waals surface area contributed by atoms with E-state index in [4.69, 9.17) is 9.84 Å². The van der Waals surface area contributed by atoms with Crippen molar-refractivity contribution >= 4 is 43.6 Å². The molecule has 0 saturated carbocycles. The predicted octanol–water partition coefficient (Wildman–Crippen LogP) is 3.99. The SMILES string of the molecule is CN(CCOc1ccc2cc(C(=O)O)[nH]c2c1)c1nc2ccccc2s1. The van der Waals surface area contributed by atoms with Gasteiger partial charge in [-0.05, 0) is 30.3 Å². The van der Waals surface area contributed by atoms with Crippen LogP contribution in [0.5, 0.6) is 5.75 Å². The lowest BCUT2D eigenvalue weighted by atomic mass is 10.2. The summed E-state index contributed by atoms with van der Waals surface area (Å²) in [5, 5.41) is 10.9. The van der Waals surface area contributed by atoms with Crippen molar-refractivity contribution in [2.75, 3.05) is 25.1 Å². The van der Waals surface area contributed by atoms with E-state index < -0.39 is 5.97 Å². The van der Waals surface area contributed by atoms with E-state index in [1.54, 1.807) is 17.4 Å². The number of carboxylic acids is 1. The van der Waals surface area contributed by atoms with Gasteiger partial charge in [-0.3, -0.25) is 0 Å². The molecule has 0 aliphatic rings. The number of thiazole rings is 1.